The molecule has 0 bridgehead atoms. The van der Waals surface area contributed by atoms with Crippen LogP contribution in [0.15, 0.2) is 53.4 Å². The van der Waals surface area contributed by atoms with Crippen molar-refractivity contribution in [2.24, 2.45) is 0 Å². The molecule has 27 heavy (non-hydrogen) atoms. The van der Waals surface area contributed by atoms with E-state index >= 15 is 0 Å². The van der Waals surface area contributed by atoms with E-state index in [1.165, 1.54) is 4.90 Å². The molecule has 1 aliphatic heterocycles. The molecule has 0 aliphatic carbocycles. The highest BCUT2D eigenvalue weighted by molar-refractivity contribution is 8.19. The number of imide groups is 1. The molecule has 2 aromatic carbocycles. The molecule has 0 saturated carbocycles. The molecule has 0 spiro atoms. The van der Waals surface area contributed by atoms with Crippen molar-refractivity contribution in [1.82, 2.24) is 0 Å². The Labute approximate surface area is 163 Å². The van der Waals surface area contributed by atoms with Crippen LogP contribution in [0, 0.1) is 0 Å². The van der Waals surface area contributed by atoms with E-state index in [4.69, 9.17) is 9.47 Å². The first-order valence-corrected chi connectivity index (χ1v) is 9.52. The quantitative estimate of drug-likeness (QED) is 0.649. The van der Waals surface area contributed by atoms with Crippen LogP contribution in [0.2, 0.25) is 0 Å². The van der Waals surface area contributed by atoms with E-state index < -0.39 is 0 Å². The third-order valence-corrected chi connectivity index (χ3v) is 5.07. The largest absolute Gasteiger partial charge is 0.493 e. The van der Waals surface area contributed by atoms with Gasteiger partial charge < -0.3 is 9.47 Å². The summed E-state index contributed by atoms with van der Waals surface area (Å²) < 4.78 is 11.3. The predicted octanol–water partition coefficient (Wildman–Crippen LogP) is 5.11. The molecule has 0 unspecified atom stereocenters. The van der Waals surface area contributed by atoms with Gasteiger partial charge in [0.1, 0.15) is 0 Å². The molecule has 1 fully saturated rings. The second kappa shape index (κ2) is 8.31. The normalized spacial score (nSPS) is 16.7. The van der Waals surface area contributed by atoms with Crippen molar-refractivity contribution in [2.75, 3.05) is 12.0 Å². The van der Waals surface area contributed by atoms with Crippen LogP contribution < -0.4 is 14.4 Å². The lowest BCUT2D eigenvalue weighted by atomic mass is 10.1. The summed E-state index contributed by atoms with van der Waals surface area (Å²) >= 11 is 0.930. The van der Waals surface area contributed by atoms with Gasteiger partial charge in [-0.25, -0.2) is 4.90 Å². The third-order valence-electron chi connectivity index (χ3n) is 4.20. The SMILES string of the molecule is CC[C@H](C)Oc1ccc(/C=C2/SC(=O)N(c3ccccc3)C2=O)cc1OC. The van der Waals surface area contributed by atoms with Gasteiger partial charge in [0.25, 0.3) is 11.1 Å². The van der Waals surface area contributed by atoms with Crippen molar-refractivity contribution in [2.45, 2.75) is 26.4 Å². The monoisotopic (exact) mass is 383 g/mol. The Morgan fingerprint density at radius 1 is 1.11 bits per heavy atom. The van der Waals surface area contributed by atoms with Crippen molar-refractivity contribution < 1.29 is 19.1 Å². The Balaban J connectivity index is 1.86. The topological polar surface area (TPSA) is 55.8 Å². The van der Waals surface area contributed by atoms with E-state index in [2.05, 4.69) is 0 Å². The number of rotatable bonds is 6. The molecule has 0 radical (unpaired) electrons. The van der Waals surface area contributed by atoms with E-state index in [-0.39, 0.29) is 17.3 Å². The summed E-state index contributed by atoms with van der Waals surface area (Å²) in [5, 5.41) is -0.305. The lowest BCUT2D eigenvalue weighted by Crippen LogP contribution is -2.27. The summed E-state index contributed by atoms with van der Waals surface area (Å²) in [7, 11) is 1.58. The van der Waals surface area contributed by atoms with E-state index in [9.17, 15) is 9.59 Å². The van der Waals surface area contributed by atoms with Crippen LogP contribution in [0.3, 0.4) is 0 Å². The number of carbonyl (C=O) groups excluding carboxylic acids is 2. The molecular weight excluding hydrogens is 362 g/mol. The fraction of sp³-hybridized carbons (Fsp3) is 0.238. The maximum Gasteiger partial charge on any atom is 0.298 e. The van der Waals surface area contributed by atoms with Gasteiger partial charge >= 0.3 is 0 Å². The van der Waals surface area contributed by atoms with Gasteiger partial charge in [-0.1, -0.05) is 31.2 Å². The molecule has 5 nitrogen and oxygen atoms in total. The van der Waals surface area contributed by atoms with Crippen molar-refractivity contribution >= 4 is 34.7 Å². The molecule has 140 valence electrons. The van der Waals surface area contributed by atoms with E-state index in [1.54, 1.807) is 43.5 Å². The minimum absolute atomic E-state index is 0.0760. The van der Waals surface area contributed by atoms with Crippen molar-refractivity contribution in [1.29, 1.82) is 0 Å². The predicted molar refractivity (Wildman–Crippen MR) is 108 cm³/mol. The molecule has 6 heteroatoms. The minimum Gasteiger partial charge on any atom is -0.493 e. The number of ether oxygens (including phenoxy) is 2. The van der Waals surface area contributed by atoms with E-state index in [0.717, 1.165) is 23.7 Å². The van der Waals surface area contributed by atoms with Gasteiger partial charge in [0, 0.05) is 0 Å². The van der Waals surface area contributed by atoms with Crippen LogP contribution in [0.4, 0.5) is 10.5 Å². The number of nitrogens with zero attached hydrogens (tertiary/aromatic N) is 1. The highest BCUT2D eigenvalue weighted by Crippen LogP contribution is 2.37. The summed E-state index contributed by atoms with van der Waals surface area (Å²) in [6, 6.07) is 14.4. The average molecular weight is 383 g/mol. The van der Waals surface area contributed by atoms with Gasteiger partial charge in [-0.3, -0.25) is 9.59 Å². The van der Waals surface area contributed by atoms with Crippen LogP contribution in [0.25, 0.3) is 6.08 Å². The molecule has 0 aromatic heterocycles. The molecule has 0 N–H and O–H groups in total. The van der Waals surface area contributed by atoms with Gasteiger partial charge in [-0.05, 0) is 61.0 Å². The van der Waals surface area contributed by atoms with Gasteiger partial charge in [-0.15, -0.1) is 0 Å². The van der Waals surface area contributed by atoms with Crippen LogP contribution in [0.1, 0.15) is 25.8 Å². The van der Waals surface area contributed by atoms with Crippen molar-refractivity contribution in [3.05, 3.63) is 59.0 Å². The van der Waals surface area contributed by atoms with Crippen LogP contribution in [0.5, 0.6) is 11.5 Å². The van der Waals surface area contributed by atoms with E-state index in [1.807, 2.05) is 32.0 Å². The first kappa shape index (κ1) is 19.0. The zero-order valence-corrected chi connectivity index (χ0v) is 16.3. The standard InChI is InChI=1S/C21H21NO4S/c1-4-14(2)26-17-11-10-15(12-18(17)25-3)13-19-20(23)22(21(24)27-19)16-8-6-5-7-9-16/h5-14H,4H2,1-3H3/b19-13+/t14-/m0/s1. The van der Waals surface area contributed by atoms with Crippen LogP contribution >= 0.6 is 11.8 Å². The molecule has 2 amide bonds. The number of hydrogen-bond acceptors (Lipinski definition) is 5. The molecule has 1 aliphatic rings. The number of hydrogen-bond donors (Lipinski definition) is 0. The van der Waals surface area contributed by atoms with Crippen LogP contribution in [-0.4, -0.2) is 24.4 Å². The molecule has 1 atom stereocenters. The molecule has 3 rings (SSSR count). The Morgan fingerprint density at radius 3 is 2.52 bits per heavy atom. The summed E-state index contributed by atoms with van der Waals surface area (Å²) in [5.74, 6) is 0.919. The summed E-state index contributed by atoms with van der Waals surface area (Å²) in [6.45, 7) is 4.04. The zero-order valence-electron chi connectivity index (χ0n) is 15.5. The third kappa shape index (κ3) is 4.17. The number of methoxy groups -OCH3 is 1. The number of carbonyl (C=O) groups is 2. The summed E-state index contributed by atoms with van der Waals surface area (Å²) in [4.78, 5) is 26.6. The van der Waals surface area contributed by atoms with Crippen molar-refractivity contribution in [3.63, 3.8) is 0 Å². The molecule has 2 aromatic rings. The maximum atomic E-state index is 12.7. The lowest BCUT2D eigenvalue weighted by molar-refractivity contribution is -0.113. The summed E-state index contributed by atoms with van der Waals surface area (Å²) in [6.07, 6.45) is 2.66. The van der Waals surface area contributed by atoms with Gasteiger partial charge in [0.2, 0.25) is 0 Å². The Bertz CT molecular complexity index is 879. The molecular formula is C21H21NO4S. The first-order valence-electron chi connectivity index (χ1n) is 8.71. The molecule has 1 heterocycles. The fourth-order valence-corrected chi connectivity index (χ4v) is 3.43. The number of para-hydroxylation sites is 1. The second-order valence-electron chi connectivity index (χ2n) is 6.10. The molecule has 1 saturated heterocycles. The second-order valence-corrected chi connectivity index (χ2v) is 7.09. The zero-order chi connectivity index (χ0) is 19.4. The minimum atomic E-state index is -0.324. The van der Waals surface area contributed by atoms with Crippen LogP contribution in [-0.2, 0) is 4.79 Å². The van der Waals surface area contributed by atoms with Gasteiger partial charge in [0.05, 0.1) is 23.8 Å². The number of anilines is 1. The van der Waals surface area contributed by atoms with Gasteiger partial charge in [-0.2, -0.15) is 0 Å². The first-order chi connectivity index (χ1) is 13.0. The highest BCUT2D eigenvalue weighted by Gasteiger charge is 2.36. The number of benzene rings is 2. The number of amides is 2. The summed E-state index contributed by atoms with van der Waals surface area (Å²) in [5.41, 5.74) is 1.33. The highest BCUT2D eigenvalue weighted by atomic mass is 32.2. The van der Waals surface area contributed by atoms with Gasteiger partial charge in [0.15, 0.2) is 11.5 Å². The lowest BCUT2D eigenvalue weighted by Gasteiger charge is -2.15. The smallest absolute Gasteiger partial charge is 0.298 e. The fourth-order valence-electron chi connectivity index (χ4n) is 2.59. The Kier molecular flexibility index (Phi) is 5.86. The number of thioether (sulfide) groups is 1. The van der Waals surface area contributed by atoms with Crippen molar-refractivity contribution in [3.8, 4) is 11.5 Å². The average Bonchev–Trinajstić information content (AvgIpc) is 2.96. The Morgan fingerprint density at radius 2 is 1.85 bits per heavy atom. The Hall–Kier alpha value is -2.73. The maximum absolute atomic E-state index is 12.7. The van der Waals surface area contributed by atoms with E-state index in [0.29, 0.717) is 22.1 Å².